The molecular weight excluding hydrogens is 436 g/mol. The molecule has 0 bridgehead atoms. The van der Waals surface area contributed by atoms with E-state index < -0.39 is 23.4 Å². The van der Waals surface area contributed by atoms with Gasteiger partial charge in [0.05, 0.1) is 12.3 Å². The molecule has 2 N–H and O–H groups in total. The van der Waals surface area contributed by atoms with Crippen LogP contribution in [0, 0.1) is 0 Å². The Bertz CT molecular complexity index is 1180. The Balaban J connectivity index is 1.55. The molecule has 0 spiro atoms. The first-order valence-electron chi connectivity index (χ1n) is 10.9. The van der Waals surface area contributed by atoms with Crippen molar-refractivity contribution in [2.24, 2.45) is 0 Å². The van der Waals surface area contributed by atoms with Gasteiger partial charge < -0.3 is 20.1 Å². The number of amides is 2. The van der Waals surface area contributed by atoms with E-state index in [0.29, 0.717) is 5.56 Å². The first-order chi connectivity index (χ1) is 16.3. The van der Waals surface area contributed by atoms with Gasteiger partial charge in [0.25, 0.3) is 5.91 Å². The quantitative estimate of drug-likeness (QED) is 0.553. The number of ketones is 1. The third-order valence-electron chi connectivity index (χ3n) is 6.17. The zero-order valence-corrected chi connectivity index (χ0v) is 19.0. The Labute approximate surface area is 196 Å². The molecule has 9 heteroatoms. The second-order valence-corrected chi connectivity index (χ2v) is 8.48. The summed E-state index contributed by atoms with van der Waals surface area (Å²) < 4.78 is 6.96. The first kappa shape index (κ1) is 23.2. The van der Waals surface area contributed by atoms with Crippen molar-refractivity contribution in [2.45, 2.75) is 24.9 Å². The Morgan fingerprint density at radius 3 is 2.50 bits per heavy atom. The summed E-state index contributed by atoms with van der Waals surface area (Å²) in [6.07, 6.45) is 3.65. The number of hydrogen-bond acceptors (Lipinski definition) is 6. The molecule has 1 aliphatic rings. The van der Waals surface area contributed by atoms with Crippen LogP contribution in [0.1, 0.15) is 22.8 Å². The Kier molecular flexibility index (Phi) is 6.47. The predicted octanol–water partition coefficient (Wildman–Crippen LogP) is 1.74. The summed E-state index contributed by atoms with van der Waals surface area (Å²) in [7, 11) is 1.55. The van der Waals surface area contributed by atoms with E-state index in [0.717, 1.165) is 11.3 Å². The highest BCUT2D eigenvalue weighted by Crippen LogP contribution is 2.23. The van der Waals surface area contributed by atoms with E-state index in [1.165, 1.54) is 17.0 Å². The Morgan fingerprint density at radius 2 is 1.91 bits per heavy atom. The van der Waals surface area contributed by atoms with Crippen LogP contribution in [0.25, 0.3) is 5.69 Å². The van der Waals surface area contributed by atoms with Gasteiger partial charge >= 0.3 is 0 Å². The zero-order valence-electron chi connectivity index (χ0n) is 19.0. The lowest BCUT2D eigenvalue weighted by Crippen LogP contribution is -2.58. The van der Waals surface area contributed by atoms with Crippen LogP contribution in [0.5, 0.6) is 5.75 Å². The van der Waals surface area contributed by atoms with E-state index in [-0.39, 0.29) is 31.2 Å². The molecule has 1 aliphatic heterocycles. The van der Waals surface area contributed by atoms with Gasteiger partial charge in [0.2, 0.25) is 5.91 Å². The van der Waals surface area contributed by atoms with Gasteiger partial charge in [0, 0.05) is 31.4 Å². The number of rotatable bonds is 7. The lowest BCUT2D eigenvalue weighted by atomic mass is 9.96. The number of ether oxygens (including phenoxy) is 1. The van der Waals surface area contributed by atoms with Gasteiger partial charge in [-0.15, -0.1) is 0 Å². The number of phenolic OH excluding ortho intramolecular Hbond substituents is 1. The fraction of sp³-hybridized carbons (Fsp3) is 0.280. The highest BCUT2D eigenvalue weighted by atomic mass is 16.5. The number of Topliss-reactive ketones (excluding diaryl/α,β-unsaturated/α-hetero) is 1. The number of aromatic nitrogens is 2. The molecule has 2 aromatic carbocycles. The van der Waals surface area contributed by atoms with Crippen molar-refractivity contribution in [3.8, 4) is 11.4 Å². The van der Waals surface area contributed by atoms with Crippen molar-refractivity contribution in [2.75, 3.05) is 20.3 Å². The van der Waals surface area contributed by atoms with E-state index in [1.54, 1.807) is 73.5 Å². The van der Waals surface area contributed by atoms with Gasteiger partial charge in [-0.2, -0.15) is 5.10 Å². The highest BCUT2D eigenvalue weighted by Gasteiger charge is 2.45. The maximum atomic E-state index is 13.5. The Hall–Kier alpha value is -3.98. The summed E-state index contributed by atoms with van der Waals surface area (Å²) >= 11 is 0. The van der Waals surface area contributed by atoms with Gasteiger partial charge in [-0.25, -0.2) is 4.68 Å². The maximum Gasteiger partial charge on any atom is 0.251 e. The van der Waals surface area contributed by atoms with Crippen molar-refractivity contribution >= 4 is 17.6 Å². The fourth-order valence-corrected chi connectivity index (χ4v) is 3.84. The molecule has 0 aliphatic carbocycles. The largest absolute Gasteiger partial charge is 0.508 e. The lowest BCUT2D eigenvalue weighted by Gasteiger charge is -2.35. The monoisotopic (exact) mass is 462 g/mol. The van der Waals surface area contributed by atoms with Crippen molar-refractivity contribution in [1.29, 1.82) is 0 Å². The molecule has 3 aromatic rings. The minimum Gasteiger partial charge on any atom is -0.508 e. The number of carbonyl (C=O) groups excluding carboxylic acids is 3. The van der Waals surface area contributed by atoms with Crippen LogP contribution in [0.2, 0.25) is 0 Å². The molecule has 2 amide bonds. The second kappa shape index (κ2) is 9.48. The van der Waals surface area contributed by atoms with E-state index in [1.807, 2.05) is 0 Å². The molecular formula is C25H26N4O5. The van der Waals surface area contributed by atoms with Crippen molar-refractivity contribution < 1.29 is 24.2 Å². The second-order valence-electron chi connectivity index (χ2n) is 8.48. The standard InChI is InChI=1S/C25H26N4O5/c1-25(16-34-15-22(25)31)28(2)24(33)21(14-17-4-10-20(30)11-5-17)27-23(32)18-6-8-19(9-7-18)29-13-3-12-26-29/h3-13,21,30H,14-16H2,1-2H3,(H,27,32). The van der Waals surface area contributed by atoms with Gasteiger partial charge in [0.15, 0.2) is 5.78 Å². The van der Waals surface area contributed by atoms with E-state index >= 15 is 0 Å². The van der Waals surface area contributed by atoms with Crippen LogP contribution in [-0.2, 0) is 20.7 Å². The Morgan fingerprint density at radius 1 is 1.21 bits per heavy atom. The molecule has 0 radical (unpaired) electrons. The molecule has 9 nitrogen and oxygen atoms in total. The SMILES string of the molecule is CN(C(=O)C(Cc1ccc(O)cc1)NC(=O)c1ccc(-n2cccn2)cc1)C1(C)COCC1=O. The van der Waals surface area contributed by atoms with Crippen LogP contribution < -0.4 is 5.32 Å². The van der Waals surface area contributed by atoms with E-state index in [4.69, 9.17) is 4.74 Å². The maximum absolute atomic E-state index is 13.5. The molecule has 2 unspecified atom stereocenters. The number of hydrogen-bond donors (Lipinski definition) is 2. The van der Waals surface area contributed by atoms with Crippen LogP contribution in [0.15, 0.2) is 67.0 Å². The number of aromatic hydroxyl groups is 1. The van der Waals surface area contributed by atoms with Gasteiger partial charge in [-0.1, -0.05) is 12.1 Å². The smallest absolute Gasteiger partial charge is 0.251 e. The van der Waals surface area contributed by atoms with Crippen LogP contribution in [-0.4, -0.2) is 69.2 Å². The highest BCUT2D eigenvalue weighted by molar-refractivity contribution is 6.00. The normalized spacial score (nSPS) is 18.5. The molecule has 34 heavy (non-hydrogen) atoms. The van der Waals surface area contributed by atoms with Crippen molar-refractivity contribution in [3.05, 3.63) is 78.1 Å². The predicted molar refractivity (Wildman–Crippen MR) is 124 cm³/mol. The lowest BCUT2D eigenvalue weighted by molar-refractivity contribution is -0.142. The molecule has 1 fully saturated rings. The molecule has 1 aromatic heterocycles. The molecule has 0 saturated carbocycles. The number of benzene rings is 2. The number of phenols is 1. The summed E-state index contributed by atoms with van der Waals surface area (Å²) in [5.74, 6) is -0.911. The fourth-order valence-electron chi connectivity index (χ4n) is 3.84. The van der Waals surface area contributed by atoms with Gasteiger partial charge in [-0.05, 0) is 55.0 Å². The third-order valence-corrected chi connectivity index (χ3v) is 6.17. The summed E-state index contributed by atoms with van der Waals surface area (Å²) in [6, 6.07) is 14.1. The summed E-state index contributed by atoms with van der Waals surface area (Å²) in [5, 5.41) is 16.6. The first-order valence-corrected chi connectivity index (χ1v) is 10.9. The van der Waals surface area contributed by atoms with E-state index in [2.05, 4.69) is 10.4 Å². The number of likely N-dealkylation sites (N-methyl/N-ethyl adjacent to an activating group) is 1. The van der Waals surface area contributed by atoms with Gasteiger partial charge in [-0.3, -0.25) is 14.4 Å². The molecule has 176 valence electrons. The van der Waals surface area contributed by atoms with Crippen LogP contribution in [0.3, 0.4) is 0 Å². The minimum atomic E-state index is -1.10. The minimum absolute atomic E-state index is 0.0499. The topological polar surface area (TPSA) is 114 Å². The molecule has 1 saturated heterocycles. The van der Waals surface area contributed by atoms with E-state index in [9.17, 15) is 19.5 Å². The van der Waals surface area contributed by atoms with Gasteiger partial charge in [0.1, 0.15) is 23.9 Å². The van der Waals surface area contributed by atoms with Crippen LogP contribution in [0.4, 0.5) is 0 Å². The number of nitrogens with zero attached hydrogens (tertiary/aromatic N) is 3. The third kappa shape index (κ3) is 4.69. The summed E-state index contributed by atoms with van der Waals surface area (Å²) in [4.78, 5) is 40.3. The van der Waals surface area contributed by atoms with Crippen molar-refractivity contribution in [3.63, 3.8) is 0 Å². The molecule has 2 atom stereocenters. The number of nitrogens with one attached hydrogen (secondary N) is 1. The average molecular weight is 463 g/mol. The average Bonchev–Trinajstić information content (AvgIpc) is 3.50. The summed E-state index contributed by atoms with van der Waals surface area (Å²) in [6.45, 7) is 1.71. The summed E-state index contributed by atoms with van der Waals surface area (Å²) in [5.41, 5.74) is 0.831. The number of carbonyl (C=O) groups is 3. The molecule has 4 rings (SSSR count). The van der Waals surface area contributed by atoms with Crippen molar-refractivity contribution in [1.82, 2.24) is 20.0 Å². The zero-order chi connectivity index (χ0) is 24.3. The molecule has 2 heterocycles. The van der Waals surface area contributed by atoms with Crippen LogP contribution >= 0.6 is 0 Å².